The molecule has 0 bridgehead atoms. The van der Waals surface area contributed by atoms with E-state index in [0.717, 1.165) is 23.5 Å². The lowest BCUT2D eigenvalue weighted by Crippen LogP contribution is -2.12. The molecule has 0 amide bonds. The van der Waals surface area contributed by atoms with E-state index in [1.54, 1.807) is 18.2 Å². The Balaban J connectivity index is 1.86. The summed E-state index contributed by atoms with van der Waals surface area (Å²) in [5, 5.41) is 1.58. The van der Waals surface area contributed by atoms with Gasteiger partial charge in [0.1, 0.15) is 0 Å². The number of anilines is 1. The fourth-order valence-corrected chi connectivity index (χ4v) is 4.08. The molecule has 0 saturated carbocycles. The third-order valence-electron chi connectivity index (χ3n) is 3.27. The molecule has 0 spiro atoms. The summed E-state index contributed by atoms with van der Waals surface area (Å²) >= 11 is 0.997. The van der Waals surface area contributed by atoms with Crippen molar-refractivity contribution in [3.63, 3.8) is 0 Å². The van der Waals surface area contributed by atoms with Crippen LogP contribution in [0.1, 0.15) is 5.56 Å². The Morgan fingerprint density at radius 2 is 1.72 bits per heavy atom. The van der Waals surface area contributed by atoms with Gasteiger partial charge < -0.3 is 0 Å². The minimum absolute atomic E-state index is 0.0748. The minimum Gasteiger partial charge on any atom is -0.255 e. The van der Waals surface area contributed by atoms with Crippen molar-refractivity contribution in [1.29, 1.82) is 0 Å². The van der Waals surface area contributed by atoms with Crippen LogP contribution in [0, 0.1) is 0 Å². The average molecular weight is 384 g/mol. The van der Waals surface area contributed by atoms with Gasteiger partial charge in [0.15, 0.2) is 5.13 Å². The Hall–Kier alpha value is -2.39. The van der Waals surface area contributed by atoms with E-state index in [4.69, 9.17) is 0 Å². The second-order valence-electron chi connectivity index (χ2n) is 5.04. The first-order valence-corrected chi connectivity index (χ1v) is 9.33. The number of hydrogen-bond donors (Lipinski definition) is 1. The summed E-state index contributed by atoms with van der Waals surface area (Å²) in [5.41, 5.74) is -0.262. The number of thiazole rings is 1. The molecule has 130 valence electrons. The second kappa shape index (κ2) is 6.49. The van der Waals surface area contributed by atoms with Crippen LogP contribution in [0.15, 0.2) is 64.9 Å². The molecule has 1 aromatic heterocycles. The van der Waals surface area contributed by atoms with Crippen molar-refractivity contribution in [2.45, 2.75) is 11.1 Å². The third kappa shape index (κ3) is 3.99. The van der Waals surface area contributed by atoms with Gasteiger partial charge in [-0.05, 0) is 24.3 Å². The number of aromatic nitrogens is 1. The molecule has 0 aliphatic heterocycles. The summed E-state index contributed by atoms with van der Waals surface area (Å²) in [4.78, 5) is 4.15. The highest BCUT2D eigenvalue weighted by Gasteiger charge is 2.30. The van der Waals surface area contributed by atoms with E-state index in [0.29, 0.717) is 0 Å². The number of sulfonamides is 1. The van der Waals surface area contributed by atoms with Crippen LogP contribution >= 0.6 is 11.3 Å². The lowest BCUT2D eigenvalue weighted by Gasteiger charge is -2.07. The molecule has 9 heteroatoms. The lowest BCUT2D eigenvalue weighted by atomic mass is 10.1. The van der Waals surface area contributed by atoms with Crippen LogP contribution in [0.4, 0.5) is 18.3 Å². The van der Waals surface area contributed by atoms with Crippen LogP contribution in [-0.4, -0.2) is 13.4 Å². The molecule has 0 saturated heterocycles. The number of hydrogen-bond acceptors (Lipinski definition) is 4. The molecule has 4 nitrogen and oxygen atoms in total. The van der Waals surface area contributed by atoms with Gasteiger partial charge >= 0.3 is 6.18 Å². The zero-order chi connectivity index (χ0) is 18.1. The van der Waals surface area contributed by atoms with E-state index in [2.05, 4.69) is 9.71 Å². The molecule has 3 aromatic rings. The summed E-state index contributed by atoms with van der Waals surface area (Å²) in [6.07, 6.45) is -4.45. The van der Waals surface area contributed by atoms with E-state index in [1.807, 2.05) is 0 Å². The second-order valence-corrected chi connectivity index (χ2v) is 7.58. The largest absolute Gasteiger partial charge is 0.416 e. The predicted molar refractivity (Wildman–Crippen MR) is 89.8 cm³/mol. The van der Waals surface area contributed by atoms with Gasteiger partial charge in [-0.2, -0.15) is 13.2 Å². The molecule has 0 aliphatic carbocycles. The SMILES string of the molecule is O=S(=O)(Nc1nc(-c2cccc(C(F)(F)F)c2)cs1)c1ccccc1. The molecule has 0 radical (unpaired) electrons. The Bertz CT molecular complexity index is 984. The van der Waals surface area contributed by atoms with Gasteiger partial charge in [-0.25, -0.2) is 13.4 Å². The van der Waals surface area contributed by atoms with Crippen molar-refractivity contribution < 1.29 is 21.6 Å². The normalized spacial score (nSPS) is 12.1. The van der Waals surface area contributed by atoms with Crippen LogP contribution in [0.2, 0.25) is 0 Å². The first kappa shape index (κ1) is 17.4. The van der Waals surface area contributed by atoms with Gasteiger partial charge in [-0.1, -0.05) is 30.3 Å². The van der Waals surface area contributed by atoms with Crippen molar-refractivity contribution in [2.75, 3.05) is 4.72 Å². The molecule has 0 fully saturated rings. The summed E-state index contributed by atoms with van der Waals surface area (Å²) < 4.78 is 65.2. The van der Waals surface area contributed by atoms with E-state index < -0.39 is 21.8 Å². The molecule has 0 atom stereocenters. The van der Waals surface area contributed by atoms with Crippen LogP contribution < -0.4 is 4.72 Å². The first-order chi connectivity index (χ1) is 11.8. The number of alkyl halides is 3. The smallest absolute Gasteiger partial charge is 0.255 e. The predicted octanol–water partition coefficient (Wildman–Crippen LogP) is 4.63. The molecular weight excluding hydrogens is 373 g/mol. The van der Waals surface area contributed by atoms with Crippen molar-refractivity contribution in [3.8, 4) is 11.3 Å². The standard InChI is InChI=1S/C16H11F3N2O2S2/c17-16(18,19)12-6-4-5-11(9-12)14-10-24-15(20-14)21-25(22,23)13-7-2-1-3-8-13/h1-10H,(H,20,21). The summed E-state index contributed by atoms with van der Waals surface area (Å²) in [5.74, 6) is 0. The Labute approximate surface area is 146 Å². The number of halogens is 3. The van der Waals surface area contributed by atoms with Crippen molar-refractivity contribution in [1.82, 2.24) is 4.98 Å². The maximum Gasteiger partial charge on any atom is 0.416 e. The zero-order valence-electron chi connectivity index (χ0n) is 12.5. The molecule has 0 aliphatic rings. The molecule has 25 heavy (non-hydrogen) atoms. The Kier molecular flexibility index (Phi) is 4.53. The minimum atomic E-state index is -4.45. The summed E-state index contributed by atoms with van der Waals surface area (Å²) in [6.45, 7) is 0. The van der Waals surface area contributed by atoms with E-state index in [1.165, 1.54) is 29.6 Å². The van der Waals surface area contributed by atoms with E-state index in [9.17, 15) is 21.6 Å². The summed E-state index contributed by atoms with van der Waals surface area (Å²) in [7, 11) is -3.80. The zero-order valence-corrected chi connectivity index (χ0v) is 14.1. The highest BCUT2D eigenvalue weighted by atomic mass is 32.2. The number of benzene rings is 2. The van der Waals surface area contributed by atoms with Crippen molar-refractivity contribution >= 4 is 26.5 Å². The van der Waals surface area contributed by atoms with Crippen LogP contribution in [0.5, 0.6) is 0 Å². The van der Waals surface area contributed by atoms with Gasteiger partial charge in [0, 0.05) is 10.9 Å². The van der Waals surface area contributed by atoms with E-state index in [-0.39, 0.29) is 21.3 Å². The molecule has 0 unspecified atom stereocenters. The highest BCUT2D eigenvalue weighted by Crippen LogP contribution is 2.33. The van der Waals surface area contributed by atoms with Gasteiger partial charge in [0.2, 0.25) is 0 Å². The maximum absolute atomic E-state index is 12.8. The van der Waals surface area contributed by atoms with Crippen molar-refractivity contribution in [3.05, 3.63) is 65.5 Å². The van der Waals surface area contributed by atoms with Gasteiger partial charge in [-0.15, -0.1) is 11.3 Å². The molecular formula is C16H11F3N2O2S2. The molecule has 1 heterocycles. The van der Waals surface area contributed by atoms with Gasteiger partial charge in [0.25, 0.3) is 10.0 Å². The monoisotopic (exact) mass is 384 g/mol. The van der Waals surface area contributed by atoms with Gasteiger partial charge in [0.05, 0.1) is 16.2 Å². The fourth-order valence-electron chi connectivity index (χ4n) is 2.08. The Morgan fingerprint density at radius 1 is 1.00 bits per heavy atom. The average Bonchev–Trinajstić information content (AvgIpc) is 3.03. The maximum atomic E-state index is 12.8. The topological polar surface area (TPSA) is 59.1 Å². The molecule has 1 N–H and O–H groups in total. The first-order valence-electron chi connectivity index (χ1n) is 6.97. The quantitative estimate of drug-likeness (QED) is 0.714. The third-order valence-corrected chi connectivity index (χ3v) is 5.51. The van der Waals surface area contributed by atoms with E-state index >= 15 is 0 Å². The number of nitrogens with zero attached hydrogens (tertiary/aromatic N) is 1. The molecule has 3 rings (SSSR count). The van der Waals surface area contributed by atoms with Crippen LogP contribution in [0.3, 0.4) is 0 Å². The highest BCUT2D eigenvalue weighted by molar-refractivity contribution is 7.93. The van der Waals surface area contributed by atoms with Gasteiger partial charge in [-0.3, -0.25) is 4.72 Å². The van der Waals surface area contributed by atoms with Crippen molar-refractivity contribution in [2.24, 2.45) is 0 Å². The van der Waals surface area contributed by atoms with Crippen LogP contribution in [0.25, 0.3) is 11.3 Å². The number of nitrogens with one attached hydrogen (secondary N) is 1. The summed E-state index contributed by atoms with van der Waals surface area (Å²) in [6, 6.07) is 12.4. The lowest BCUT2D eigenvalue weighted by molar-refractivity contribution is -0.137. The fraction of sp³-hybridized carbons (Fsp3) is 0.0625. The van der Waals surface area contributed by atoms with Crippen LogP contribution in [-0.2, 0) is 16.2 Å². The number of rotatable bonds is 4. The Morgan fingerprint density at radius 3 is 2.40 bits per heavy atom. The molecule has 2 aromatic carbocycles.